The molecule has 33 heavy (non-hydrogen) atoms. The van der Waals surface area contributed by atoms with Gasteiger partial charge in [-0.3, -0.25) is 0 Å². The molecule has 0 heterocycles. The third-order valence-corrected chi connectivity index (χ3v) is 13.4. The second-order valence-electron chi connectivity index (χ2n) is 15.1. The van der Waals surface area contributed by atoms with Gasteiger partial charge in [-0.2, -0.15) is 0 Å². The average Bonchev–Trinajstić information content (AvgIpc) is 2.74. The molecule has 4 fully saturated rings. The SMILES string of the molecule is CC(C)CCCC1(CO)CC[C@]2(C)C(CCC3C4(C)CC[C@H](O)C(C)(C)C4CCC32C)C1C. The van der Waals surface area contributed by atoms with Crippen molar-refractivity contribution >= 4 is 0 Å². The Morgan fingerprint density at radius 3 is 2.15 bits per heavy atom. The van der Waals surface area contributed by atoms with E-state index in [1.54, 1.807) is 0 Å². The molecule has 192 valence electrons. The summed E-state index contributed by atoms with van der Waals surface area (Å²) in [5.74, 6) is 3.52. The lowest BCUT2D eigenvalue weighted by atomic mass is 9.32. The predicted octanol–water partition coefficient (Wildman–Crippen LogP) is 7.86. The first kappa shape index (κ1) is 26.0. The highest BCUT2D eigenvalue weighted by Gasteiger charge is 2.68. The van der Waals surface area contributed by atoms with Crippen molar-refractivity contribution in [2.45, 2.75) is 132 Å². The van der Waals surface area contributed by atoms with Crippen LogP contribution in [-0.2, 0) is 0 Å². The van der Waals surface area contributed by atoms with Gasteiger partial charge in [0.1, 0.15) is 0 Å². The summed E-state index contributed by atoms with van der Waals surface area (Å²) in [7, 11) is 0. The van der Waals surface area contributed by atoms with Crippen LogP contribution < -0.4 is 0 Å². The second-order valence-corrected chi connectivity index (χ2v) is 15.1. The lowest BCUT2D eigenvalue weighted by molar-refractivity contribution is -0.249. The Kier molecular flexibility index (Phi) is 6.70. The zero-order valence-electron chi connectivity index (χ0n) is 23.3. The maximum atomic E-state index is 10.9. The fourth-order valence-corrected chi connectivity index (χ4v) is 10.9. The Bertz CT molecular complexity index is 714. The van der Waals surface area contributed by atoms with Crippen molar-refractivity contribution in [3.05, 3.63) is 0 Å². The molecule has 2 N–H and O–H groups in total. The first-order chi connectivity index (χ1) is 15.3. The molecule has 0 aromatic carbocycles. The molecular formula is C31H56O2. The highest BCUT2D eigenvalue weighted by atomic mass is 16.3. The molecule has 0 saturated heterocycles. The van der Waals surface area contributed by atoms with Crippen molar-refractivity contribution in [1.29, 1.82) is 0 Å². The molecule has 4 aliphatic rings. The lowest BCUT2D eigenvalue weighted by Crippen LogP contribution is -2.66. The standard InChI is InChI=1S/C31H56O2/c1-21(2)10-9-15-31(20-32)19-18-29(7)23(22(31)3)11-12-25-28(6)16-14-26(33)27(4,5)24(28)13-17-30(25,29)8/h21-26,32-33H,9-20H2,1-8H3/t22?,23?,24?,25?,26-,28?,29+,30?,31?/m0/s1. The third-order valence-electron chi connectivity index (χ3n) is 13.4. The van der Waals surface area contributed by atoms with Gasteiger partial charge in [0.25, 0.3) is 0 Å². The average molecular weight is 461 g/mol. The summed E-state index contributed by atoms with van der Waals surface area (Å²) in [5.41, 5.74) is 1.29. The number of aliphatic hydroxyl groups is 2. The fourth-order valence-electron chi connectivity index (χ4n) is 10.9. The summed E-state index contributed by atoms with van der Waals surface area (Å²) in [6, 6.07) is 0. The minimum atomic E-state index is -0.141. The maximum Gasteiger partial charge on any atom is 0.0594 e. The molecular weight excluding hydrogens is 404 g/mol. The van der Waals surface area contributed by atoms with Crippen LogP contribution in [0.15, 0.2) is 0 Å². The number of fused-ring (bicyclic) bond motifs is 5. The molecule has 4 saturated carbocycles. The Balaban J connectivity index is 1.62. The number of hydrogen-bond acceptors (Lipinski definition) is 2. The van der Waals surface area contributed by atoms with Gasteiger partial charge in [-0.15, -0.1) is 0 Å². The zero-order valence-corrected chi connectivity index (χ0v) is 23.3. The van der Waals surface area contributed by atoms with E-state index in [-0.39, 0.29) is 16.9 Å². The molecule has 0 spiro atoms. The summed E-state index contributed by atoms with van der Waals surface area (Å²) in [4.78, 5) is 0. The maximum absolute atomic E-state index is 10.9. The molecule has 7 unspecified atom stereocenters. The summed E-state index contributed by atoms with van der Waals surface area (Å²) < 4.78 is 0. The van der Waals surface area contributed by atoms with Crippen LogP contribution in [0.5, 0.6) is 0 Å². The summed E-state index contributed by atoms with van der Waals surface area (Å²) in [5, 5.41) is 21.6. The largest absolute Gasteiger partial charge is 0.396 e. The van der Waals surface area contributed by atoms with Crippen LogP contribution >= 0.6 is 0 Å². The second kappa shape index (κ2) is 8.50. The van der Waals surface area contributed by atoms with Gasteiger partial charge in [-0.25, -0.2) is 0 Å². The first-order valence-electron chi connectivity index (χ1n) is 14.6. The van der Waals surface area contributed by atoms with E-state index in [0.717, 1.165) is 24.2 Å². The molecule has 0 aliphatic heterocycles. The molecule has 2 nitrogen and oxygen atoms in total. The topological polar surface area (TPSA) is 40.5 Å². The molecule has 2 heteroatoms. The van der Waals surface area contributed by atoms with Crippen molar-refractivity contribution in [1.82, 2.24) is 0 Å². The van der Waals surface area contributed by atoms with Crippen molar-refractivity contribution in [3.63, 3.8) is 0 Å². The number of rotatable bonds is 5. The highest BCUT2D eigenvalue weighted by molar-refractivity contribution is 5.17. The van der Waals surface area contributed by atoms with Crippen LogP contribution in [0.2, 0.25) is 0 Å². The van der Waals surface area contributed by atoms with Crippen LogP contribution in [0.3, 0.4) is 0 Å². The lowest BCUT2D eigenvalue weighted by Gasteiger charge is -2.73. The van der Waals surface area contributed by atoms with Crippen LogP contribution in [0.25, 0.3) is 0 Å². The molecule has 9 atom stereocenters. The van der Waals surface area contributed by atoms with E-state index in [0.29, 0.717) is 34.7 Å². The number of aliphatic hydroxyl groups excluding tert-OH is 2. The Morgan fingerprint density at radius 2 is 1.52 bits per heavy atom. The van der Waals surface area contributed by atoms with Crippen LogP contribution in [0, 0.1) is 56.7 Å². The molecule has 0 amide bonds. The molecule has 4 rings (SSSR count). The smallest absolute Gasteiger partial charge is 0.0594 e. The van der Waals surface area contributed by atoms with Gasteiger partial charge >= 0.3 is 0 Å². The molecule has 0 radical (unpaired) electrons. The van der Waals surface area contributed by atoms with Gasteiger partial charge in [0.2, 0.25) is 0 Å². The molecule has 0 aromatic rings. The van der Waals surface area contributed by atoms with Gasteiger partial charge in [0.15, 0.2) is 0 Å². The predicted molar refractivity (Wildman–Crippen MR) is 139 cm³/mol. The van der Waals surface area contributed by atoms with E-state index < -0.39 is 0 Å². The fraction of sp³-hybridized carbons (Fsp3) is 1.00. The summed E-state index contributed by atoms with van der Waals surface area (Å²) in [6.07, 6.45) is 13.6. The van der Waals surface area contributed by atoms with Crippen LogP contribution in [0.4, 0.5) is 0 Å². The van der Waals surface area contributed by atoms with E-state index in [1.165, 1.54) is 64.2 Å². The van der Waals surface area contributed by atoms with Crippen molar-refractivity contribution in [2.75, 3.05) is 6.61 Å². The Morgan fingerprint density at radius 1 is 0.818 bits per heavy atom. The third kappa shape index (κ3) is 3.61. The normalized spacial score (nSPS) is 51.5. The van der Waals surface area contributed by atoms with E-state index >= 15 is 0 Å². The summed E-state index contributed by atoms with van der Waals surface area (Å²) in [6.45, 7) is 20.2. The minimum absolute atomic E-state index is 0.0361. The highest BCUT2D eigenvalue weighted by Crippen LogP contribution is 2.75. The van der Waals surface area contributed by atoms with Crippen LogP contribution in [0.1, 0.15) is 126 Å². The van der Waals surface area contributed by atoms with Crippen molar-refractivity contribution in [3.8, 4) is 0 Å². The van der Waals surface area contributed by atoms with E-state index in [4.69, 9.17) is 0 Å². The monoisotopic (exact) mass is 460 g/mol. The number of hydrogen-bond donors (Lipinski definition) is 2. The van der Waals surface area contributed by atoms with E-state index in [1.807, 2.05) is 0 Å². The van der Waals surface area contributed by atoms with Gasteiger partial charge in [0.05, 0.1) is 6.10 Å². The van der Waals surface area contributed by atoms with Gasteiger partial charge < -0.3 is 10.2 Å². The zero-order chi connectivity index (χ0) is 24.4. The molecule has 0 bridgehead atoms. The minimum Gasteiger partial charge on any atom is -0.396 e. The van der Waals surface area contributed by atoms with Crippen molar-refractivity contribution in [2.24, 2.45) is 56.7 Å². The van der Waals surface area contributed by atoms with Crippen LogP contribution in [-0.4, -0.2) is 22.9 Å². The Hall–Kier alpha value is -0.0800. The summed E-state index contributed by atoms with van der Waals surface area (Å²) >= 11 is 0. The molecule has 0 aromatic heterocycles. The van der Waals surface area contributed by atoms with Gasteiger partial charge in [0, 0.05) is 6.61 Å². The van der Waals surface area contributed by atoms with Gasteiger partial charge in [-0.1, -0.05) is 68.2 Å². The van der Waals surface area contributed by atoms with E-state index in [2.05, 4.69) is 55.4 Å². The quantitative estimate of drug-likeness (QED) is 0.438. The van der Waals surface area contributed by atoms with E-state index in [9.17, 15) is 10.2 Å². The molecule has 4 aliphatic carbocycles. The van der Waals surface area contributed by atoms with Crippen molar-refractivity contribution < 1.29 is 10.2 Å². The first-order valence-corrected chi connectivity index (χ1v) is 14.6. The van der Waals surface area contributed by atoms with Gasteiger partial charge in [-0.05, 0) is 114 Å². The Labute approximate surface area is 205 Å².